The van der Waals surface area contributed by atoms with Crippen LogP contribution in [0.1, 0.15) is 30.1 Å². The van der Waals surface area contributed by atoms with Gasteiger partial charge in [-0.2, -0.15) is 0 Å². The topological polar surface area (TPSA) is 66.6 Å². The fraction of sp³-hybridized carbons (Fsp3) is 0.500. The Bertz CT molecular complexity index is 554. The molecule has 0 spiro atoms. The fourth-order valence-electron chi connectivity index (χ4n) is 2.58. The highest BCUT2D eigenvalue weighted by atomic mass is 35.5. The van der Waals surface area contributed by atoms with Crippen molar-refractivity contribution >= 4 is 24.2 Å². The Morgan fingerprint density at radius 2 is 1.78 bits per heavy atom. The number of nitrogens with two attached hydrogens (primary N) is 1. The predicted molar refractivity (Wildman–Crippen MR) is 89.0 cm³/mol. The SMILES string of the molecule is CC(N)CC(=O)N1CCCN(C(=O)c2ccccc2F)CC1.Cl. The maximum absolute atomic E-state index is 13.7. The maximum atomic E-state index is 13.7. The van der Waals surface area contributed by atoms with Crippen LogP contribution in [-0.2, 0) is 4.79 Å². The van der Waals surface area contributed by atoms with Gasteiger partial charge in [-0.3, -0.25) is 9.59 Å². The Morgan fingerprint density at radius 1 is 1.17 bits per heavy atom. The summed E-state index contributed by atoms with van der Waals surface area (Å²) in [7, 11) is 0. The minimum atomic E-state index is -0.512. The number of benzene rings is 1. The second-order valence-electron chi connectivity index (χ2n) is 5.69. The molecule has 1 aliphatic heterocycles. The molecule has 0 aromatic heterocycles. The quantitative estimate of drug-likeness (QED) is 0.907. The molecule has 0 aliphatic carbocycles. The van der Waals surface area contributed by atoms with Crippen LogP contribution >= 0.6 is 12.4 Å². The zero-order chi connectivity index (χ0) is 16.1. The summed E-state index contributed by atoms with van der Waals surface area (Å²) in [5.41, 5.74) is 5.73. The van der Waals surface area contributed by atoms with Crippen LogP contribution < -0.4 is 5.73 Å². The molecule has 7 heteroatoms. The van der Waals surface area contributed by atoms with Gasteiger partial charge in [0.25, 0.3) is 5.91 Å². The molecule has 2 amide bonds. The molecule has 2 rings (SSSR count). The molecule has 1 fully saturated rings. The summed E-state index contributed by atoms with van der Waals surface area (Å²) in [5, 5.41) is 0. The zero-order valence-corrected chi connectivity index (χ0v) is 14.0. The van der Waals surface area contributed by atoms with Crippen molar-refractivity contribution < 1.29 is 14.0 Å². The van der Waals surface area contributed by atoms with Crippen molar-refractivity contribution in [3.05, 3.63) is 35.6 Å². The molecule has 2 N–H and O–H groups in total. The van der Waals surface area contributed by atoms with Crippen LogP contribution in [0.5, 0.6) is 0 Å². The normalized spacial score (nSPS) is 16.3. The number of rotatable bonds is 3. The highest BCUT2D eigenvalue weighted by molar-refractivity contribution is 5.94. The van der Waals surface area contributed by atoms with Crippen LogP contribution in [0.2, 0.25) is 0 Å². The van der Waals surface area contributed by atoms with Gasteiger partial charge in [0.1, 0.15) is 5.82 Å². The Labute approximate surface area is 142 Å². The summed E-state index contributed by atoms with van der Waals surface area (Å²) in [6.45, 7) is 3.80. The van der Waals surface area contributed by atoms with Crippen LogP contribution in [0.3, 0.4) is 0 Å². The maximum Gasteiger partial charge on any atom is 0.256 e. The zero-order valence-electron chi connectivity index (χ0n) is 13.2. The van der Waals surface area contributed by atoms with E-state index in [-0.39, 0.29) is 35.8 Å². The highest BCUT2D eigenvalue weighted by Gasteiger charge is 2.24. The lowest BCUT2D eigenvalue weighted by Crippen LogP contribution is -2.39. The van der Waals surface area contributed by atoms with Crippen molar-refractivity contribution in [1.29, 1.82) is 0 Å². The van der Waals surface area contributed by atoms with Crippen LogP contribution in [-0.4, -0.2) is 53.8 Å². The summed E-state index contributed by atoms with van der Waals surface area (Å²) < 4.78 is 13.7. The molecule has 1 atom stereocenters. The first-order valence-corrected chi connectivity index (χ1v) is 7.56. The molecule has 5 nitrogen and oxygen atoms in total. The van der Waals surface area contributed by atoms with E-state index in [1.165, 1.54) is 12.1 Å². The number of nitrogens with zero attached hydrogens (tertiary/aromatic N) is 2. The van der Waals surface area contributed by atoms with Crippen LogP contribution in [0.15, 0.2) is 24.3 Å². The first-order valence-electron chi connectivity index (χ1n) is 7.56. The Morgan fingerprint density at radius 3 is 2.43 bits per heavy atom. The molecule has 1 saturated heterocycles. The van der Waals surface area contributed by atoms with Crippen molar-refractivity contribution in [1.82, 2.24) is 9.80 Å². The van der Waals surface area contributed by atoms with Gasteiger partial charge in [-0.05, 0) is 25.5 Å². The largest absolute Gasteiger partial charge is 0.341 e. The molecular weight excluding hydrogens is 321 g/mol. The third kappa shape index (κ3) is 5.18. The van der Waals surface area contributed by atoms with Crippen molar-refractivity contribution in [2.24, 2.45) is 5.73 Å². The lowest BCUT2D eigenvalue weighted by Gasteiger charge is -2.23. The standard InChI is InChI=1S/C16H22FN3O2.ClH/c1-12(18)11-15(21)19-7-4-8-20(10-9-19)16(22)13-5-2-3-6-14(13)17;/h2-3,5-6,12H,4,7-11,18H2,1H3;1H. The van der Waals surface area contributed by atoms with Crippen molar-refractivity contribution in [2.75, 3.05) is 26.2 Å². The van der Waals surface area contributed by atoms with Crippen molar-refractivity contribution in [3.63, 3.8) is 0 Å². The minimum Gasteiger partial charge on any atom is -0.341 e. The molecule has 1 aromatic rings. The van der Waals surface area contributed by atoms with Gasteiger partial charge < -0.3 is 15.5 Å². The Kier molecular flexibility index (Phi) is 7.45. The number of carbonyl (C=O) groups excluding carboxylic acids is 2. The summed E-state index contributed by atoms with van der Waals surface area (Å²) in [6.07, 6.45) is 0.992. The Balaban J connectivity index is 0.00000264. The van der Waals surface area contributed by atoms with Gasteiger partial charge in [0.2, 0.25) is 5.91 Å². The lowest BCUT2D eigenvalue weighted by atomic mass is 10.2. The van der Waals surface area contributed by atoms with E-state index in [0.29, 0.717) is 39.0 Å². The summed E-state index contributed by atoms with van der Waals surface area (Å²) >= 11 is 0. The van der Waals surface area contributed by atoms with Gasteiger partial charge in [0, 0.05) is 38.6 Å². The predicted octanol–water partition coefficient (Wildman–Crippen LogP) is 1.66. The highest BCUT2D eigenvalue weighted by Crippen LogP contribution is 2.13. The van der Waals surface area contributed by atoms with Crippen LogP contribution in [0.25, 0.3) is 0 Å². The van der Waals surface area contributed by atoms with Crippen molar-refractivity contribution in [2.45, 2.75) is 25.8 Å². The number of carbonyl (C=O) groups is 2. The van der Waals surface area contributed by atoms with Gasteiger partial charge in [0.15, 0.2) is 0 Å². The van der Waals surface area contributed by atoms with E-state index in [4.69, 9.17) is 5.73 Å². The lowest BCUT2D eigenvalue weighted by molar-refractivity contribution is -0.131. The van der Waals surface area contributed by atoms with Gasteiger partial charge >= 0.3 is 0 Å². The second kappa shape index (κ2) is 8.84. The van der Waals surface area contributed by atoms with E-state index in [1.807, 2.05) is 0 Å². The first kappa shape index (κ1) is 19.4. The number of halogens is 2. The molecule has 0 radical (unpaired) electrons. The van der Waals surface area contributed by atoms with Crippen LogP contribution in [0.4, 0.5) is 4.39 Å². The Hall–Kier alpha value is -1.66. The van der Waals surface area contributed by atoms with E-state index in [1.54, 1.807) is 28.9 Å². The van der Waals surface area contributed by atoms with Crippen LogP contribution in [0, 0.1) is 5.82 Å². The van der Waals surface area contributed by atoms with Gasteiger partial charge in [-0.15, -0.1) is 12.4 Å². The number of hydrogen-bond donors (Lipinski definition) is 1. The molecule has 128 valence electrons. The van der Waals surface area contributed by atoms with E-state index in [0.717, 1.165) is 0 Å². The van der Waals surface area contributed by atoms with Crippen molar-refractivity contribution in [3.8, 4) is 0 Å². The monoisotopic (exact) mass is 343 g/mol. The first-order chi connectivity index (χ1) is 10.5. The molecular formula is C16H23ClFN3O2. The van der Waals surface area contributed by atoms with E-state index in [2.05, 4.69) is 0 Å². The third-order valence-electron chi connectivity index (χ3n) is 3.74. The molecule has 1 heterocycles. The average molecular weight is 344 g/mol. The summed E-state index contributed by atoms with van der Waals surface area (Å²) in [5.74, 6) is -0.823. The van der Waals surface area contributed by atoms with Gasteiger partial charge in [0.05, 0.1) is 5.56 Å². The summed E-state index contributed by atoms with van der Waals surface area (Å²) in [4.78, 5) is 27.8. The third-order valence-corrected chi connectivity index (χ3v) is 3.74. The molecule has 0 bridgehead atoms. The molecule has 1 unspecified atom stereocenters. The average Bonchev–Trinajstić information content (AvgIpc) is 2.72. The molecule has 0 saturated carbocycles. The molecule has 1 aliphatic rings. The smallest absolute Gasteiger partial charge is 0.256 e. The molecule has 1 aromatic carbocycles. The fourth-order valence-corrected chi connectivity index (χ4v) is 2.58. The minimum absolute atomic E-state index is 0. The van der Waals surface area contributed by atoms with Gasteiger partial charge in [-0.1, -0.05) is 12.1 Å². The second-order valence-corrected chi connectivity index (χ2v) is 5.69. The van der Waals surface area contributed by atoms with E-state index >= 15 is 0 Å². The number of amides is 2. The summed E-state index contributed by atoms with van der Waals surface area (Å²) in [6, 6.07) is 5.80. The van der Waals surface area contributed by atoms with Gasteiger partial charge in [-0.25, -0.2) is 4.39 Å². The molecule has 23 heavy (non-hydrogen) atoms. The number of hydrogen-bond acceptors (Lipinski definition) is 3. The van der Waals surface area contributed by atoms with E-state index in [9.17, 15) is 14.0 Å². The van der Waals surface area contributed by atoms with E-state index < -0.39 is 5.82 Å².